The van der Waals surface area contributed by atoms with Gasteiger partial charge in [0.2, 0.25) is 0 Å². The van der Waals surface area contributed by atoms with E-state index in [1.807, 2.05) is 11.3 Å². The lowest BCUT2D eigenvalue weighted by molar-refractivity contribution is 1.30. The van der Waals surface area contributed by atoms with Gasteiger partial charge in [-0.15, -0.1) is 11.3 Å². The summed E-state index contributed by atoms with van der Waals surface area (Å²) < 4.78 is 2.59. The third-order valence-corrected chi connectivity index (χ3v) is 11.6. The van der Waals surface area contributed by atoms with Crippen molar-refractivity contribution in [2.75, 3.05) is 4.90 Å². The lowest BCUT2D eigenvalue weighted by Gasteiger charge is -2.27. The molecule has 0 aliphatic rings. The normalized spacial score (nSPS) is 11.3. The highest BCUT2D eigenvalue weighted by Crippen LogP contribution is 2.45. The molecule has 1 aromatic heterocycles. The Bertz CT molecular complexity index is 2910. The number of hydrogen-bond donors (Lipinski definition) is 0. The Morgan fingerprint density at radius 3 is 1.52 bits per heavy atom. The molecule has 0 saturated carbocycles. The molecule has 0 spiro atoms. The average molecular weight is 706 g/mol. The molecular formula is C52H35NS. The Labute approximate surface area is 319 Å². The molecule has 0 radical (unpaired) electrons. The van der Waals surface area contributed by atoms with Crippen molar-refractivity contribution in [1.29, 1.82) is 0 Å². The van der Waals surface area contributed by atoms with E-state index in [-0.39, 0.29) is 0 Å². The van der Waals surface area contributed by atoms with Gasteiger partial charge >= 0.3 is 0 Å². The molecule has 2 heteroatoms. The Morgan fingerprint density at radius 1 is 0.315 bits per heavy atom. The highest BCUT2D eigenvalue weighted by atomic mass is 32.1. The lowest BCUT2D eigenvalue weighted by atomic mass is 9.92. The standard InChI is InChI=1S/C52H35NS/c1-3-12-36(13-4-1)37-26-30-44(31-27-37)53(49-19-11-21-51-52(49)48-18-9-10-20-50(48)54-51)45-32-28-38(29-33-45)41-24-22-39-23-25-42(35-43(39)34-41)47-17-8-7-16-46(47)40-14-5-2-6-15-40/h1-35H. The molecule has 1 heterocycles. The second-order valence-electron chi connectivity index (χ2n) is 13.7. The van der Waals surface area contributed by atoms with E-state index in [2.05, 4.69) is 217 Å². The van der Waals surface area contributed by atoms with Crippen LogP contribution in [0.5, 0.6) is 0 Å². The van der Waals surface area contributed by atoms with E-state index < -0.39 is 0 Å². The van der Waals surface area contributed by atoms with Gasteiger partial charge in [-0.1, -0.05) is 158 Å². The lowest BCUT2D eigenvalue weighted by Crippen LogP contribution is -2.10. The summed E-state index contributed by atoms with van der Waals surface area (Å²) >= 11 is 1.86. The second kappa shape index (κ2) is 13.7. The van der Waals surface area contributed by atoms with Crippen LogP contribution in [0.1, 0.15) is 0 Å². The smallest absolute Gasteiger partial charge is 0.0554 e. The van der Waals surface area contributed by atoms with Crippen LogP contribution in [0, 0.1) is 0 Å². The van der Waals surface area contributed by atoms with Crippen LogP contribution in [0.4, 0.5) is 17.1 Å². The maximum atomic E-state index is 2.41. The van der Waals surface area contributed by atoms with Crippen LogP contribution >= 0.6 is 11.3 Å². The summed E-state index contributed by atoms with van der Waals surface area (Å²) in [6, 6.07) is 77.1. The molecule has 254 valence electrons. The molecule has 0 aliphatic carbocycles. The first-order valence-electron chi connectivity index (χ1n) is 18.4. The van der Waals surface area contributed by atoms with Crippen LogP contribution < -0.4 is 4.90 Å². The summed E-state index contributed by atoms with van der Waals surface area (Å²) in [5, 5.41) is 5.04. The van der Waals surface area contributed by atoms with Gasteiger partial charge in [-0.2, -0.15) is 0 Å². The molecular weight excluding hydrogens is 671 g/mol. The SMILES string of the molecule is c1ccc(-c2ccc(N(c3ccc(-c4ccc5ccc(-c6ccccc6-c6ccccc6)cc5c4)cc3)c3cccc4sc5ccccc5c34)cc2)cc1. The zero-order valence-corrected chi connectivity index (χ0v) is 30.4. The first kappa shape index (κ1) is 32.0. The predicted molar refractivity (Wildman–Crippen MR) is 233 cm³/mol. The average Bonchev–Trinajstić information content (AvgIpc) is 3.64. The van der Waals surface area contributed by atoms with Crippen LogP contribution in [0.3, 0.4) is 0 Å². The summed E-state index contributed by atoms with van der Waals surface area (Å²) in [6.07, 6.45) is 0. The van der Waals surface area contributed by atoms with E-state index in [1.54, 1.807) is 0 Å². The van der Waals surface area contributed by atoms with Crippen LogP contribution in [-0.2, 0) is 0 Å². The van der Waals surface area contributed by atoms with Crippen molar-refractivity contribution in [3.05, 3.63) is 212 Å². The number of benzene rings is 9. The molecule has 0 unspecified atom stereocenters. The molecule has 0 saturated heterocycles. The fourth-order valence-corrected chi connectivity index (χ4v) is 8.93. The Morgan fingerprint density at radius 2 is 0.815 bits per heavy atom. The van der Waals surface area contributed by atoms with Gasteiger partial charge < -0.3 is 4.90 Å². The number of rotatable bonds is 7. The van der Waals surface area contributed by atoms with Gasteiger partial charge in [-0.05, 0) is 110 Å². The highest BCUT2D eigenvalue weighted by molar-refractivity contribution is 7.26. The van der Waals surface area contributed by atoms with E-state index >= 15 is 0 Å². The largest absolute Gasteiger partial charge is 0.310 e. The van der Waals surface area contributed by atoms with Crippen molar-refractivity contribution >= 4 is 59.3 Å². The van der Waals surface area contributed by atoms with E-state index in [4.69, 9.17) is 0 Å². The molecule has 0 aliphatic heterocycles. The van der Waals surface area contributed by atoms with Crippen molar-refractivity contribution in [3.63, 3.8) is 0 Å². The van der Waals surface area contributed by atoms with Crippen LogP contribution in [-0.4, -0.2) is 0 Å². The van der Waals surface area contributed by atoms with Crippen LogP contribution in [0.2, 0.25) is 0 Å². The van der Waals surface area contributed by atoms with Crippen molar-refractivity contribution < 1.29 is 0 Å². The molecule has 0 bridgehead atoms. The maximum absolute atomic E-state index is 2.41. The van der Waals surface area contributed by atoms with Gasteiger partial charge in [0.05, 0.1) is 5.69 Å². The minimum atomic E-state index is 1.12. The first-order chi connectivity index (χ1) is 26.8. The minimum absolute atomic E-state index is 1.12. The zero-order chi connectivity index (χ0) is 35.8. The molecule has 54 heavy (non-hydrogen) atoms. The van der Waals surface area contributed by atoms with E-state index in [0.717, 1.165) is 11.4 Å². The summed E-state index contributed by atoms with van der Waals surface area (Å²) in [7, 11) is 0. The van der Waals surface area contributed by atoms with Gasteiger partial charge in [0.1, 0.15) is 0 Å². The van der Waals surface area contributed by atoms with Crippen molar-refractivity contribution in [3.8, 4) is 44.5 Å². The topological polar surface area (TPSA) is 3.24 Å². The molecule has 1 nitrogen and oxygen atoms in total. The van der Waals surface area contributed by atoms with Crippen LogP contribution in [0.25, 0.3) is 75.5 Å². The second-order valence-corrected chi connectivity index (χ2v) is 14.8. The summed E-state index contributed by atoms with van der Waals surface area (Å²) in [4.78, 5) is 2.41. The van der Waals surface area contributed by atoms with Gasteiger partial charge in [0.25, 0.3) is 0 Å². The molecule has 9 aromatic carbocycles. The number of thiophene rings is 1. The third-order valence-electron chi connectivity index (χ3n) is 10.5. The van der Waals surface area contributed by atoms with Crippen molar-refractivity contribution in [2.24, 2.45) is 0 Å². The quantitative estimate of drug-likeness (QED) is 0.160. The zero-order valence-electron chi connectivity index (χ0n) is 29.6. The molecule has 0 amide bonds. The van der Waals surface area contributed by atoms with Gasteiger partial charge in [-0.3, -0.25) is 0 Å². The molecule has 0 atom stereocenters. The Balaban J connectivity index is 1.05. The van der Waals surface area contributed by atoms with Crippen molar-refractivity contribution in [2.45, 2.75) is 0 Å². The number of nitrogens with zero attached hydrogens (tertiary/aromatic N) is 1. The van der Waals surface area contributed by atoms with Crippen LogP contribution in [0.15, 0.2) is 212 Å². The van der Waals surface area contributed by atoms with Crippen molar-refractivity contribution in [1.82, 2.24) is 0 Å². The third kappa shape index (κ3) is 5.84. The monoisotopic (exact) mass is 705 g/mol. The summed E-state index contributed by atoms with van der Waals surface area (Å²) in [6.45, 7) is 0. The van der Waals surface area contributed by atoms with Gasteiger partial charge in [0, 0.05) is 31.5 Å². The van der Waals surface area contributed by atoms with E-state index in [0.29, 0.717) is 0 Å². The summed E-state index contributed by atoms with van der Waals surface area (Å²) in [5.41, 5.74) is 13.2. The molecule has 0 N–H and O–H groups in total. The number of anilines is 3. The Hall–Kier alpha value is -6.74. The number of hydrogen-bond acceptors (Lipinski definition) is 2. The van der Waals surface area contributed by atoms with E-state index in [9.17, 15) is 0 Å². The summed E-state index contributed by atoms with van der Waals surface area (Å²) in [5.74, 6) is 0. The number of fused-ring (bicyclic) bond motifs is 4. The maximum Gasteiger partial charge on any atom is 0.0554 e. The fraction of sp³-hybridized carbons (Fsp3) is 0. The highest BCUT2D eigenvalue weighted by Gasteiger charge is 2.19. The molecule has 10 aromatic rings. The minimum Gasteiger partial charge on any atom is -0.310 e. The fourth-order valence-electron chi connectivity index (χ4n) is 7.80. The van der Waals surface area contributed by atoms with Gasteiger partial charge in [0.15, 0.2) is 0 Å². The predicted octanol–water partition coefficient (Wildman–Crippen LogP) is 15.3. The van der Waals surface area contributed by atoms with E-state index in [1.165, 1.54) is 81.1 Å². The molecule has 0 fully saturated rings. The Kier molecular flexibility index (Phi) is 8.09. The van der Waals surface area contributed by atoms with Gasteiger partial charge in [-0.25, -0.2) is 0 Å². The first-order valence-corrected chi connectivity index (χ1v) is 19.2. The molecule has 10 rings (SSSR count).